The molecule has 4 nitrogen and oxygen atoms in total. The van der Waals surface area contributed by atoms with E-state index in [1.54, 1.807) is 23.1 Å². The molecule has 1 amide bonds. The molecule has 0 saturated carbocycles. The van der Waals surface area contributed by atoms with Gasteiger partial charge in [-0.3, -0.25) is 9.69 Å². The van der Waals surface area contributed by atoms with Crippen LogP contribution in [-0.2, 0) is 16.0 Å². The number of anilines is 1. The summed E-state index contributed by atoms with van der Waals surface area (Å²) in [4.78, 5) is 20.9. The molecule has 1 atom stereocenters. The van der Waals surface area contributed by atoms with Gasteiger partial charge in [-0.15, -0.1) is 11.8 Å². The fraction of sp³-hybridized carbons (Fsp3) is 0.333. The lowest BCUT2D eigenvalue weighted by atomic mass is 10.1. The molecule has 1 fully saturated rings. The van der Waals surface area contributed by atoms with Gasteiger partial charge < -0.3 is 4.74 Å². The lowest BCUT2D eigenvalue weighted by Crippen LogP contribution is -2.38. The van der Waals surface area contributed by atoms with Gasteiger partial charge in [-0.25, -0.2) is 4.98 Å². The average molecular weight is 399 g/mol. The largest absolute Gasteiger partial charge is 0.376 e. The molecular formula is C21H22N2O2S2. The van der Waals surface area contributed by atoms with Crippen LogP contribution in [0.5, 0.6) is 0 Å². The van der Waals surface area contributed by atoms with E-state index in [9.17, 15) is 4.79 Å². The average Bonchev–Trinajstić information content (AvgIpc) is 3.35. The smallest absolute Gasteiger partial charge is 0.233 e. The van der Waals surface area contributed by atoms with E-state index in [1.807, 2.05) is 41.3 Å². The number of hydrogen-bond donors (Lipinski definition) is 0. The Balaban J connectivity index is 1.63. The number of aromatic nitrogens is 1. The molecule has 1 aliphatic heterocycles. The molecule has 0 aliphatic carbocycles. The van der Waals surface area contributed by atoms with Crippen molar-refractivity contribution in [1.29, 1.82) is 0 Å². The second-order valence-corrected chi connectivity index (χ2v) is 8.52. The Morgan fingerprint density at radius 2 is 2.15 bits per heavy atom. The normalized spacial score (nSPS) is 16.7. The number of fused-ring (bicyclic) bond motifs is 1. The topological polar surface area (TPSA) is 42.4 Å². The number of benzene rings is 2. The molecule has 1 aliphatic rings. The fourth-order valence-corrected chi connectivity index (χ4v) is 4.83. The second kappa shape index (κ2) is 8.42. The first kappa shape index (κ1) is 18.5. The highest BCUT2D eigenvalue weighted by Gasteiger charge is 2.26. The number of rotatable bonds is 6. The summed E-state index contributed by atoms with van der Waals surface area (Å²) in [5.74, 6) is 0.0702. The van der Waals surface area contributed by atoms with Crippen LogP contribution in [-0.4, -0.2) is 36.4 Å². The van der Waals surface area contributed by atoms with Crippen molar-refractivity contribution in [3.8, 4) is 0 Å². The van der Waals surface area contributed by atoms with Crippen LogP contribution in [0.15, 0.2) is 53.4 Å². The number of carbonyl (C=O) groups is 1. The molecule has 0 N–H and O–H groups in total. The van der Waals surface area contributed by atoms with Crippen LogP contribution in [0, 0.1) is 0 Å². The number of thiazole rings is 1. The fourth-order valence-electron chi connectivity index (χ4n) is 3.28. The number of amides is 1. The van der Waals surface area contributed by atoms with E-state index in [2.05, 4.69) is 18.4 Å². The van der Waals surface area contributed by atoms with Crippen molar-refractivity contribution in [3.63, 3.8) is 0 Å². The second-order valence-electron chi connectivity index (χ2n) is 6.63. The minimum atomic E-state index is 0.0702. The van der Waals surface area contributed by atoms with Gasteiger partial charge in [0.15, 0.2) is 5.13 Å². The van der Waals surface area contributed by atoms with E-state index in [-0.39, 0.29) is 12.0 Å². The van der Waals surface area contributed by atoms with Gasteiger partial charge in [0.2, 0.25) is 5.91 Å². The van der Waals surface area contributed by atoms with Crippen LogP contribution in [0.25, 0.3) is 10.2 Å². The maximum atomic E-state index is 13.1. The zero-order chi connectivity index (χ0) is 18.6. The van der Waals surface area contributed by atoms with Gasteiger partial charge >= 0.3 is 0 Å². The molecule has 0 radical (unpaired) electrons. The van der Waals surface area contributed by atoms with Crippen molar-refractivity contribution >= 4 is 44.4 Å². The first-order valence-electron chi connectivity index (χ1n) is 9.13. The number of ether oxygens (including phenoxy) is 1. The molecule has 4 rings (SSSR count). The van der Waals surface area contributed by atoms with Crippen LogP contribution < -0.4 is 4.90 Å². The Hall–Kier alpha value is -1.89. The number of carbonyl (C=O) groups excluding carboxylic acids is 1. The Morgan fingerprint density at radius 3 is 2.89 bits per heavy atom. The number of thioether (sulfide) groups is 1. The van der Waals surface area contributed by atoms with Gasteiger partial charge in [0.25, 0.3) is 0 Å². The SMILES string of the molecule is CSc1ccc2nc(N(C[C@H]3CCCO3)C(=O)Cc3ccccc3)sc2c1. The molecule has 140 valence electrons. The van der Waals surface area contributed by atoms with Gasteiger partial charge in [-0.2, -0.15) is 0 Å². The summed E-state index contributed by atoms with van der Waals surface area (Å²) in [6.07, 6.45) is 4.59. The van der Waals surface area contributed by atoms with E-state index >= 15 is 0 Å². The molecule has 2 heterocycles. The van der Waals surface area contributed by atoms with Gasteiger partial charge in [-0.05, 0) is 42.9 Å². The van der Waals surface area contributed by atoms with Crippen molar-refractivity contribution < 1.29 is 9.53 Å². The lowest BCUT2D eigenvalue weighted by Gasteiger charge is -2.23. The number of nitrogens with zero attached hydrogens (tertiary/aromatic N) is 2. The molecule has 3 aromatic rings. The predicted molar refractivity (Wildman–Crippen MR) is 113 cm³/mol. The first-order chi connectivity index (χ1) is 13.2. The molecular weight excluding hydrogens is 376 g/mol. The summed E-state index contributed by atoms with van der Waals surface area (Å²) >= 11 is 3.30. The Labute approximate surface area is 167 Å². The molecule has 2 aromatic carbocycles. The van der Waals surface area contributed by atoms with Crippen LogP contribution in [0.2, 0.25) is 0 Å². The molecule has 1 saturated heterocycles. The quantitative estimate of drug-likeness (QED) is 0.561. The third-order valence-corrected chi connectivity index (χ3v) is 6.49. The van der Waals surface area contributed by atoms with E-state index in [4.69, 9.17) is 9.72 Å². The first-order valence-corrected chi connectivity index (χ1v) is 11.2. The third kappa shape index (κ3) is 4.34. The Bertz CT molecular complexity index is 920. The van der Waals surface area contributed by atoms with E-state index in [0.717, 1.165) is 40.4 Å². The summed E-state index contributed by atoms with van der Waals surface area (Å²) in [6.45, 7) is 1.35. The zero-order valence-corrected chi connectivity index (χ0v) is 16.9. The highest BCUT2D eigenvalue weighted by molar-refractivity contribution is 7.98. The van der Waals surface area contributed by atoms with E-state index < -0.39 is 0 Å². The van der Waals surface area contributed by atoms with Crippen LogP contribution in [0.1, 0.15) is 18.4 Å². The summed E-state index contributed by atoms with van der Waals surface area (Å²) in [6, 6.07) is 16.1. The Kier molecular flexibility index (Phi) is 5.76. The minimum Gasteiger partial charge on any atom is -0.376 e. The van der Waals surface area contributed by atoms with Gasteiger partial charge in [0.05, 0.1) is 29.3 Å². The number of hydrogen-bond acceptors (Lipinski definition) is 5. The summed E-state index contributed by atoms with van der Waals surface area (Å²) < 4.78 is 6.91. The lowest BCUT2D eigenvalue weighted by molar-refractivity contribution is -0.118. The third-order valence-electron chi connectivity index (χ3n) is 4.72. The summed E-state index contributed by atoms with van der Waals surface area (Å²) in [5, 5.41) is 0.764. The van der Waals surface area contributed by atoms with Crippen molar-refractivity contribution in [2.45, 2.75) is 30.3 Å². The van der Waals surface area contributed by atoms with Gasteiger partial charge in [0.1, 0.15) is 0 Å². The molecule has 6 heteroatoms. The molecule has 0 unspecified atom stereocenters. The van der Waals surface area contributed by atoms with Gasteiger partial charge in [-0.1, -0.05) is 41.7 Å². The summed E-state index contributed by atoms with van der Waals surface area (Å²) in [5.41, 5.74) is 1.96. The molecule has 0 spiro atoms. The van der Waals surface area contributed by atoms with Crippen molar-refractivity contribution in [2.75, 3.05) is 24.3 Å². The van der Waals surface area contributed by atoms with Gasteiger partial charge in [0, 0.05) is 11.5 Å². The minimum absolute atomic E-state index is 0.0702. The zero-order valence-electron chi connectivity index (χ0n) is 15.3. The molecule has 1 aromatic heterocycles. The highest BCUT2D eigenvalue weighted by atomic mass is 32.2. The Morgan fingerprint density at radius 1 is 1.30 bits per heavy atom. The van der Waals surface area contributed by atoms with E-state index in [0.29, 0.717) is 13.0 Å². The maximum absolute atomic E-state index is 13.1. The summed E-state index contributed by atoms with van der Waals surface area (Å²) in [7, 11) is 0. The molecule has 27 heavy (non-hydrogen) atoms. The monoisotopic (exact) mass is 398 g/mol. The predicted octanol–water partition coefficient (Wildman–Crippen LogP) is 4.77. The standard InChI is InChI=1S/C21H22N2O2S2/c1-26-17-9-10-18-19(13-17)27-21(22-18)23(14-16-8-5-11-25-16)20(24)12-15-6-3-2-4-7-15/h2-4,6-7,9-10,13,16H,5,8,11-12,14H2,1H3/t16-/m1/s1. The van der Waals surface area contributed by atoms with Crippen molar-refractivity contribution in [1.82, 2.24) is 4.98 Å². The van der Waals surface area contributed by atoms with E-state index in [1.165, 1.54) is 4.90 Å². The molecule has 0 bridgehead atoms. The van der Waals surface area contributed by atoms with Crippen molar-refractivity contribution in [2.24, 2.45) is 0 Å². The van der Waals surface area contributed by atoms with Crippen LogP contribution >= 0.6 is 23.1 Å². The maximum Gasteiger partial charge on any atom is 0.233 e. The highest BCUT2D eigenvalue weighted by Crippen LogP contribution is 2.32. The van der Waals surface area contributed by atoms with Crippen LogP contribution in [0.3, 0.4) is 0 Å². The van der Waals surface area contributed by atoms with Crippen LogP contribution in [0.4, 0.5) is 5.13 Å². The van der Waals surface area contributed by atoms with Crippen molar-refractivity contribution in [3.05, 3.63) is 54.1 Å².